The number of aromatic nitrogens is 1. The minimum atomic E-state index is -0.490. The van der Waals surface area contributed by atoms with Gasteiger partial charge < -0.3 is 19.7 Å². The lowest BCUT2D eigenvalue weighted by Gasteiger charge is -2.37. The first-order chi connectivity index (χ1) is 10.7. The molecule has 0 aromatic carbocycles. The first-order valence-electron chi connectivity index (χ1n) is 7.42. The third kappa shape index (κ3) is 3.26. The van der Waals surface area contributed by atoms with Crippen LogP contribution in [-0.4, -0.2) is 60.3 Å². The number of amides is 2. The Balaban J connectivity index is 1.46. The molecule has 2 saturated heterocycles. The number of ether oxygens (including phenoxy) is 2. The predicted molar refractivity (Wildman–Crippen MR) is 77.0 cm³/mol. The van der Waals surface area contributed by atoms with Crippen molar-refractivity contribution in [3.8, 4) is 0 Å². The van der Waals surface area contributed by atoms with Gasteiger partial charge in [0.1, 0.15) is 0 Å². The number of carbonyl (C=O) groups is 2. The van der Waals surface area contributed by atoms with Crippen LogP contribution in [0, 0.1) is 0 Å². The zero-order chi connectivity index (χ0) is 15.4. The Morgan fingerprint density at radius 2 is 2.00 bits per heavy atom. The van der Waals surface area contributed by atoms with Gasteiger partial charge in [-0.05, 0) is 12.1 Å². The van der Waals surface area contributed by atoms with Crippen molar-refractivity contribution in [1.29, 1.82) is 0 Å². The monoisotopic (exact) mass is 305 g/mol. The summed E-state index contributed by atoms with van der Waals surface area (Å²) in [7, 11) is 0. The van der Waals surface area contributed by atoms with Gasteiger partial charge in [0.15, 0.2) is 5.79 Å². The fourth-order valence-electron chi connectivity index (χ4n) is 2.75. The third-order valence-electron chi connectivity index (χ3n) is 4.02. The van der Waals surface area contributed by atoms with E-state index in [1.165, 1.54) is 6.20 Å². The molecule has 2 aliphatic rings. The van der Waals surface area contributed by atoms with Gasteiger partial charge in [0.05, 0.1) is 25.3 Å². The van der Waals surface area contributed by atoms with Crippen LogP contribution in [-0.2, 0) is 14.3 Å². The number of carbonyl (C=O) groups excluding carboxylic acids is 2. The second kappa shape index (κ2) is 6.41. The van der Waals surface area contributed by atoms with E-state index in [1.54, 1.807) is 23.2 Å². The first kappa shape index (κ1) is 14.9. The van der Waals surface area contributed by atoms with Gasteiger partial charge >= 0.3 is 0 Å². The Labute approximate surface area is 128 Å². The van der Waals surface area contributed by atoms with Crippen LogP contribution in [0.25, 0.3) is 0 Å². The number of likely N-dealkylation sites (tertiary alicyclic amines) is 1. The first-order valence-corrected chi connectivity index (χ1v) is 7.42. The van der Waals surface area contributed by atoms with Gasteiger partial charge in [-0.2, -0.15) is 0 Å². The normalized spacial score (nSPS) is 20.1. The summed E-state index contributed by atoms with van der Waals surface area (Å²) in [5.74, 6) is -0.877. The van der Waals surface area contributed by atoms with E-state index in [1.807, 2.05) is 0 Å². The average Bonchev–Trinajstić information content (AvgIpc) is 3.02. The van der Waals surface area contributed by atoms with E-state index in [0.29, 0.717) is 44.7 Å². The Morgan fingerprint density at radius 3 is 2.64 bits per heavy atom. The molecule has 0 bridgehead atoms. The number of rotatable bonds is 3. The van der Waals surface area contributed by atoms with E-state index in [4.69, 9.17) is 9.47 Å². The molecule has 1 aromatic heterocycles. The highest BCUT2D eigenvalue weighted by molar-refractivity contribution is 5.96. The minimum absolute atomic E-state index is 0.0115. The van der Waals surface area contributed by atoms with Crippen molar-refractivity contribution < 1.29 is 19.1 Å². The van der Waals surface area contributed by atoms with E-state index < -0.39 is 5.79 Å². The molecule has 7 heteroatoms. The molecule has 1 aromatic rings. The number of piperidine rings is 1. The smallest absolute Gasteiger partial charge is 0.253 e. The molecule has 3 rings (SSSR count). The molecule has 1 spiro atoms. The fourth-order valence-corrected chi connectivity index (χ4v) is 2.75. The summed E-state index contributed by atoms with van der Waals surface area (Å²) in [6.07, 6.45) is 4.42. The van der Waals surface area contributed by atoms with Gasteiger partial charge in [-0.1, -0.05) is 0 Å². The van der Waals surface area contributed by atoms with Crippen LogP contribution in [0.1, 0.15) is 23.2 Å². The molecule has 0 radical (unpaired) electrons. The zero-order valence-corrected chi connectivity index (χ0v) is 12.3. The van der Waals surface area contributed by atoms with Crippen LogP contribution in [0.4, 0.5) is 0 Å². The maximum absolute atomic E-state index is 12.2. The molecule has 0 saturated carbocycles. The van der Waals surface area contributed by atoms with Crippen molar-refractivity contribution in [2.75, 3.05) is 32.8 Å². The van der Waals surface area contributed by atoms with Crippen LogP contribution in [0.15, 0.2) is 24.5 Å². The lowest BCUT2D eigenvalue weighted by Crippen LogP contribution is -2.49. The second-order valence-corrected chi connectivity index (χ2v) is 5.41. The molecule has 2 fully saturated rings. The van der Waals surface area contributed by atoms with E-state index in [9.17, 15) is 9.59 Å². The van der Waals surface area contributed by atoms with Crippen molar-refractivity contribution in [2.45, 2.75) is 18.6 Å². The summed E-state index contributed by atoms with van der Waals surface area (Å²) in [6.45, 7) is 2.40. The third-order valence-corrected chi connectivity index (χ3v) is 4.02. The van der Waals surface area contributed by atoms with Crippen molar-refractivity contribution in [1.82, 2.24) is 15.2 Å². The molecular weight excluding hydrogens is 286 g/mol. The van der Waals surface area contributed by atoms with E-state index in [-0.39, 0.29) is 18.4 Å². The molecule has 1 N–H and O–H groups in total. The molecule has 0 atom stereocenters. The zero-order valence-electron chi connectivity index (χ0n) is 12.3. The lowest BCUT2D eigenvalue weighted by molar-refractivity contribution is -0.187. The van der Waals surface area contributed by atoms with Crippen molar-refractivity contribution in [2.24, 2.45) is 0 Å². The average molecular weight is 305 g/mol. The predicted octanol–water partition coefficient (Wildman–Crippen LogP) is 0.177. The van der Waals surface area contributed by atoms with Crippen LogP contribution < -0.4 is 5.32 Å². The summed E-state index contributed by atoms with van der Waals surface area (Å²) < 4.78 is 11.3. The summed E-state index contributed by atoms with van der Waals surface area (Å²) >= 11 is 0. The molecule has 7 nitrogen and oxygen atoms in total. The van der Waals surface area contributed by atoms with E-state index in [2.05, 4.69) is 10.3 Å². The molecule has 0 aliphatic carbocycles. The molecule has 3 heterocycles. The molecule has 2 aliphatic heterocycles. The Kier molecular flexibility index (Phi) is 4.35. The largest absolute Gasteiger partial charge is 0.347 e. The van der Waals surface area contributed by atoms with E-state index >= 15 is 0 Å². The fraction of sp³-hybridized carbons (Fsp3) is 0.533. The minimum Gasteiger partial charge on any atom is -0.347 e. The Bertz CT molecular complexity index is 533. The number of hydrogen-bond donors (Lipinski definition) is 1. The van der Waals surface area contributed by atoms with Crippen molar-refractivity contribution in [3.63, 3.8) is 0 Å². The molecular formula is C15H19N3O4. The highest BCUT2D eigenvalue weighted by Gasteiger charge is 2.40. The summed E-state index contributed by atoms with van der Waals surface area (Å²) in [6, 6.07) is 3.34. The lowest BCUT2D eigenvalue weighted by atomic mass is 10.0. The van der Waals surface area contributed by atoms with E-state index in [0.717, 1.165) is 0 Å². The summed E-state index contributed by atoms with van der Waals surface area (Å²) in [4.78, 5) is 29.6. The maximum Gasteiger partial charge on any atom is 0.253 e. The molecule has 2 amide bonds. The maximum atomic E-state index is 12.2. The number of hydrogen-bond acceptors (Lipinski definition) is 5. The Morgan fingerprint density at radius 1 is 1.27 bits per heavy atom. The SMILES string of the molecule is O=C(NCC(=O)N1CCC2(CC1)OCCO2)c1cccnc1. The summed E-state index contributed by atoms with van der Waals surface area (Å²) in [5.41, 5.74) is 0.445. The Hall–Kier alpha value is -1.99. The van der Waals surface area contributed by atoms with Crippen molar-refractivity contribution >= 4 is 11.8 Å². The van der Waals surface area contributed by atoms with Gasteiger partial charge in [-0.15, -0.1) is 0 Å². The van der Waals surface area contributed by atoms with Crippen molar-refractivity contribution in [3.05, 3.63) is 30.1 Å². The second-order valence-electron chi connectivity index (χ2n) is 5.41. The standard InChI is InChI=1S/C15H19N3O4/c19-13(11-17-14(20)12-2-1-5-16-10-12)18-6-3-15(4-7-18)21-8-9-22-15/h1-2,5,10H,3-4,6-9,11H2,(H,17,20). The molecule has 118 valence electrons. The quantitative estimate of drug-likeness (QED) is 0.861. The van der Waals surface area contributed by atoms with Gasteiger partial charge in [0.2, 0.25) is 5.91 Å². The highest BCUT2D eigenvalue weighted by Crippen LogP contribution is 2.31. The number of pyridine rings is 1. The molecule has 0 unspecified atom stereocenters. The molecule has 22 heavy (non-hydrogen) atoms. The van der Waals surface area contributed by atoms with Gasteiger partial charge in [-0.25, -0.2) is 0 Å². The van der Waals surface area contributed by atoms with Gasteiger partial charge in [0, 0.05) is 38.3 Å². The topological polar surface area (TPSA) is 80.8 Å². The van der Waals surface area contributed by atoms with Crippen LogP contribution in [0.2, 0.25) is 0 Å². The highest BCUT2D eigenvalue weighted by atomic mass is 16.7. The number of nitrogens with one attached hydrogen (secondary N) is 1. The van der Waals surface area contributed by atoms with Crippen LogP contribution in [0.5, 0.6) is 0 Å². The van der Waals surface area contributed by atoms with Crippen LogP contribution >= 0.6 is 0 Å². The number of nitrogens with zero attached hydrogens (tertiary/aromatic N) is 2. The summed E-state index contributed by atoms with van der Waals surface area (Å²) in [5, 5.41) is 2.62. The van der Waals surface area contributed by atoms with Gasteiger partial charge in [-0.3, -0.25) is 14.6 Å². The van der Waals surface area contributed by atoms with Crippen LogP contribution in [0.3, 0.4) is 0 Å². The van der Waals surface area contributed by atoms with Gasteiger partial charge in [0.25, 0.3) is 5.91 Å².